The molecule has 1 aromatic heterocycles. The highest BCUT2D eigenvalue weighted by atomic mass is 32.2. The molecule has 3 heterocycles. The van der Waals surface area contributed by atoms with Crippen LogP contribution in [0.5, 0.6) is 0 Å². The molecule has 13 heteroatoms. The molecule has 2 saturated heterocycles. The monoisotopic (exact) mass is 643 g/mol. The van der Waals surface area contributed by atoms with Crippen LogP contribution >= 0.6 is 0 Å². The number of fused-ring (bicyclic) bond motifs is 2. The smallest absolute Gasteiger partial charge is 0.407 e. The molecule has 3 aromatic rings. The SMILES string of the molecule is CC(C)CN(C[C@@H](O)[C@H](Cc1ccccc1)NC(=O)O[C@H]1CO[C@H]2OCC[C@H]21)S(=O)(=O)c1ccc2c(c1)ncn2CCN(C)C. The van der Waals surface area contributed by atoms with Gasteiger partial charge >= 0.3 is 6.09 Å². The van der Waals surface area contributed by atoms with Crippen LogP contribution in [0.25, 0.3) is 11.0 Å². The summed E-state index contributed by atoms with van der Waals surface area (Å²) in [6.07, 6.45) is -0.00778. The largest absolute Gasteiger partial charge is 0.443 e. The van der Waals surface area contributed by atoms with Crippen molar-refractivity contribution in [3.8, 4) is 0 Å². The van der Waals surface area contributed by atoms with Crippen molar-refractivity contribution in [1.82, 2.24) is 24.1 Å². The van der Waals surface area contributed by atoms with Gasteiger partial charge in [-0.05, 0) is 56.6 Å². The Labute approximate surface area is 265 Å². The number of nitrogens with one attached hydrogen (secondary N) is 1. The third-order valence-corrected chi connectivity index (χ3v) is 10.1. The van der Waals surface area contributed by atoms with Gasteiger partial charge in [0.05, 0.1) is 53.5 Å². The molecule has 0 radical (unpaired) electrons. The maximum atomic E-state index is 14.0. The summed E-state index contributed by atoms with van der Waals surface area (Å²) in [4.78, 5) is 19.7. The molecule has 0 unspecified atom stereocenters. The predicted molar refractivity (Wildman–Crippen MR) is 169 cm³/mol. The van der Waals surface area contributed by atoms with Gasteiger partial charge in [0.2, 0.25) is 10.0 Å². The number of imidazole rings is 1. The summed E-state index contributed by atoms with van der Waals surface area (Å²) in [5, 5.41) is 14.4. The second kappa shape index (κ2) is 14.6. The number of carbonyl (C=O) groups is 1. The van der Waals surface area contributed by atoms with Crippen molar-refractivity contribution in [2.24, 2.45) is 11.8 Å². The first-order valence-corrected chi connectivity index (χ1v) is 17.0. The molecule has 2 aliphatic rings. The fraction of sp³-hybridized carbons (Fsp3) is 0.562. The van der Waals surface area contributed by atoms with Crippen LogP contribution in [0.2, 0.25) is 0 Å². The lowest BCUT2D eigenvalue weighted by molar-refractivity contribution is -0.0907. The van der Waals surface area contributed by atoms with Gasteiger partial charge in [0, 0.05) is 26.2 Å². The Balaban J connectivity index is 1.34. The highest BCUT2D eigenvalue weighted by molar-refractivity contribution is 7.89. The number of carbonyl (C=O) groups excluding carboxylic acids is 1. The number of amides is 1. The zero-order valence-corrected chi connectivity index (χ0v) is 27.2. The van der Waals surface area contributed by atoms with Crippen LogP contribution in [-0.4, -0.2) is 110 Å². The lowest BCUT2D eigenvalue weighted by Gasteiger charge is -2.31. The van der Waals surface area contributed by atoms with Crippen molar-refractivity contribution >= 4 is 27.1 Å². The van der Waals surface area contributed by atoms with Crippen molar-refractivity contribution in [2.75, 3.05) is 46.9 Å². The van der Waals surface area contributed by atoms with Crippen LogP contribution in [0.3, 0.4) is 0 Å². The van der Waals surface area contributed by atoms with E-state index < -0.39 is 34.4 Å². The van der Waals surface area contributed by atoms with E-state index in [1.54, 1.807) is 24.5 Å². The maximum absolute atomic E-state index is 14.0. The van der Waals surface area contributed by atoms with Crippen LogP contribution in [0.15, 0.2) is 59.8 Å². The van der Waals surface area contributed by atoms with E-state index in [9.17, 15) is 18.3 Å². The Morgan fingerprint density at radius 2 is 1.93 bits per heavy atom. The number of benzene rings is 2. The van der Waals surface area contributed by atoms with E-state index in [0.717, 1.165) is 30.6 Å². The summed E-state index contributed by atoms with van der Waals surface area (Å²) in [5.41, 5.74) is 2.31. The number of nitrogens with zero attached hydrogens (tertiary/aromatic N) is 4. The van der Waals surface area contributed by atoms with E-state index in [1.165, 1.54) is 4.31 Å². The molecular formula is C32H45N5O7S. The number of sulfonamides is 1. The number of hydrogen-bond acceptors (Lipinski definition) is 9. The minimum Gasteiger partial charge on any atom is -0.443 e. The quantitative estimate of drug-likeness (QED) is 0.272. The number of likely N-dealkylation sites (N-methyl/N-ethyl adjacent to an activating group) is 1. The lowest BCUT2D eigenvalue weighted by atomic mass is 10.0. The molecule has 2 aromatic carbocycles. The standard InChI is InChI=1S/C32H45N5O7S/c1-22(2)18-37(45(40,41)24-10-11-28-26(17-24)33-21-36(28)14-13-35(3)4)19-29(38)27(16-23-8-6-5-7-9-23)34-32(39)44-30-20-43-31-25(30)12-15-42-31/h5-11,17,21-22,25,27,29-31,38H,12-16,18-20H2,1-4H3,(H,34,39)/t25-,27-,29+,30-,31+/m0/s1. The Kier molecular flexibility index (Phi) is 10.8. The van der Waals surface area contributed by atoms with Crippen LogP contribution < -0.4 is 5.32 Å². The van der Waals surface area contributed by atoms with E-state index in [4.69, 9.17) is 14.2 Å². The zero-order chi connectivity index (χ0) is 32.1. The van der Waals surface area contributed by atoms with E-state index in [2.05, 4.69) is 15.2 Å². The fourth-order valence-corrected chi connectivity index (χ4v) is 7.52. The molecular weight excluding hydrogens is 598 g/mol. The second-order valence-corrected chi connectivity index (χ2v) is 14.5. The Morgan fingerprint density at radius 1 is 1.16 bits per heavy atom. The summed E-state index contributed by atoms with van der Waals surface area (Å²) < 4.78 is 48.2. The maximum Gasteiger partial charge on any atom is 0.407 e. The predicted octanol–water partition coefficient (Wildman–Crippen LogP) is 2.70. The number of alkyl carbamates (subject to hydrolysis) is 1. The number of hydrogen-bond donors (Lipinski definition) is 2. The van der Waals surface area contributed by atoms with Crippen molar-refractivity contribution in [2.45, 2.75) is 62.7 Å². The highest BCUT2D eigenvalue weighted by Gasteiger charge is 2.44. The highest BCUT2D eigenvalue weighted by Crippen LogP contribution is 2.33. The van der Waals surface area contributed by atoms with Crippen molar-refractivity contribution in [3.05, 3.63) is 60.4 Å². The average molecular weight is 644 g/mol. The molecule has 12 nitrogen and oxygen atoms in total. The number of rotatable bonds is 14. The Bertz CT molecular complexity index is 1530. The lowest BCUT2D eigenvalue weighted by Crippen LogP contribution is -2.51. The topological polar surface area (TPSA) is 135 Å². The van der Waals surface area contributed by atoms with Gasteiger partial charge in [-0.2, -0.15) is 4.31 Å². The first-order chi connectivity index (χ1) is 21.5. The molecule has 2 N–H and O–H groups in total. The average Bonchev–Trinajstić information content (AvgIpc) is 3.73. The van der Waals surface area contributed by atoms with Gasteiger partial charge in [0.1, 0.15) is 6.10 Å². The van der Waals surface area contributed by atoms with Crippen molar-refractivity contribution in [1.29, 1.82) is 0 Å². The summed E-state index contributed by atoms with van der Waals surface area (Å²) >= 11 is 0. The van der Waals surface area contributed by atoms with Gasteiger partial charge in [-0.15, -0.1) is 0 Å². The summed E-state index contributed by atoms with van der Waals surface area (Å²) in [6.45, 7) is 6.14. The molecule has 0 saturated carbocycles. The normalized spacial score (nSPS) is 21.5. The van der Waals surface area contributed by atoms with Gasteiger partial charge < -0.3 is 34.1 Å². The van der Waals surface area contributed by atoms with Gasteiger partial charge in [0.15, 0.2) is 6.29 Å². The summed E-state index contributed by atoms with van der Waals surface area (Å²) in [6, 6.07) is 13.6. The molecule has 0 spiro atoms. The molecule has 45 heavy (non-hydrogen) atoms. The fourth-order valence-electron chi connectivity index (χ4n) is 5.87. The van der Waals surface area contributed by atoms with E-state index in [1.807, 2.05) is 62.8 Å². The molecule has 5 rings (SSSR count). The van der Waals surface area contributed by atoms with Gasteiger partial charge in [-0.1, -0.05) is 44.2 Å². The van der Waals surface area contributed by atoms with Crippen LogP contribution in [0.4, 0.5) is 4.79 Å². The van der Waals surface area contributed by atoms with Gasteiger partial charge in [-0.25, -0.2) is 18.2 Å². The van der Waals surface area contributed by atoms with Gasteiger partial charge in [-0.3, -0.25) is 0 Å². The number of aliphatic hydroxyl groups is 1. The minimum atomic E-state index is -4.02. The van der Waals surface area contributed by atoms with E-state index in [0.29, 0.717) is 12.1 Å². The summed E-state index contributed by atoms with van der Waals surface area (Å²) in [5.74, 6) is -0.0490. The molecule has 2 fully saturated rings. The van der Waals surface area contributed by atoms with Crippen LogP contribution in [-0.2, 0) is 37.2 Å². The zero-order valence-electron chi connectivity index (χ0n) is 26.4. The first kappa shape index (κ1) is 33.3. The molecule has 0 aliphatic carbocycles. The molecule has 1 amide bonds. The van der Waals surface area contributed by atoms with Crippen molar-refractivity contribution < 1.29 is 32.5 Å². The van der Waals surface area contributed by atoms with Crippen LogP contribution in [0, 0.1) is 11.8 Å². The first-order valence-electron chi connectivity index (χ1n) is 15.5. The number of aromatic nitrogens is 2. The molecule has 5 atom stereocenters. The van der Waals surface area contributed by atoms with E-state index in [-0.39, 0.29) is 49.1 Å². The Morgan fingerprint density at radius 3 is 2.67 bits per heavy atom. The van der Waals surface area contributed by atoms with Crippen LogP contribution in [0.1, 0.15) is 25.8 Å². The Hall–Kier alpha value is -3.07. The molecule has 0 bridgehead atoms. The third kappa shape index (κ3) is 8.21. The van der Waals surface area contributed by atoms with Crippen molar-refractivity contribution in [3.63, 3.8) is 0 Å². The molecule has 2 aliphatic heterocycles. The third-order valence-electron chi connectivity index (χ3n) is 8.29. The number of ether oxygens (including phenoxy) is 3. The minimum absolute atomic E-state index is 0.0182. The second-order valence-electron chi connectivity index (χ2n) is 12.6. The van der Waals surface area contributed by atoms with E-state index >= 15 is 0 Å². The summed E-state index contributed by atoms with van der Waals surface area (Å²) in [7, 11) is -0.0312. The van der Waals surface area contributed by atoms with Gasteiger partial charge in [0.25, 0.3) is 0 Å². The molecule has 246 valence electrons. The number of aliphatic hydroxyl groups excluding tert-OH is 1.